The molecule has 0 radical (unpaired) electrons. The molecule has 82 valence electrons. The summed E-state index contributed by atoms with van der Waals surface area (Å²) in [5, 5.41) is 23.5. The number of aliphatic carboxylic acids is 1. The Balaban J connectivity index is -0.000000117. The molecule has 0 saturated heterocycles. The molecule has 0 aliphatic heterocycles. The molecule has 0 bridgehead atoms. The molecule has 0 aliphatic carbocycles. The molecule has 0 amide bonds. The van der Waals surface area contributed by atoms with E-state index in [1.165, 1.54) is 0 Å². The van der Waals surface area contributed by atoms with Crippen molar-refractivity contribution in [1.82, 2.24) is 0 Å². The van der Waals surface area contributed by atoms with Gasteiger partial charge in [0.05, 0.1) is 0 Å². The van der Waals surface area contributed by atoms with Gasteiger partial charge in [-0.15, -0.1) is 0 Å². The molecule has 0 spiro atoms. The first-order valence-electron chi connectivity index (χ1n) is 4.36. The second-order valence-corrected chi connectivity index (χ2v) is 2.69. The number of aliphatic hydroxyl groups is 2. The van der Waals surface area contributed by atoms with Crippen molar-refractivity contribution in [2.75, 3.05) is 6.61 Å². The predicted molar refractivity (Wildman–Crippen MR) is 52.7 cm³/mol. The molecule has 4 nitrogen and oxygen atoms in total. The fraction of sp³-hybridized carbons (Fsp3) is 0.889. The molecule has 0 aliphatic rings. The highest BCUT2D eigenvalue weighted by molar-refractivity contribution is 5.62. The van der Waals surface area contributed by atoms with Crippen LogP contribution in [0, 0.1) is 0 Å². The van der Waals surface area contributed by atoms with E-state index in [1.54, 1.807) is 13.8 Å². The van der Waals surface area contributed by atoms with Crippen LogP contribution in [0.2, 0.25) is 0 Å². The van der Waals surface area contributed by atoms with E-state index < -0.39 is 5.97 Å². The summed E-state index contributed by atoms with van der Waals surface area (Å²) in [7, 11) is 0. The minimum absolute atomic E-state index is 0.167. The Kier molecular flexibility index (Phi) is 24.5. The zero-order valence-corrected chi connectivity index (χ0v) is 8.95. The third-order valence-electron chi connectivity index (χ3n) is 0.512. The van der Waals surface area contributed by atoms with Gasteiger partial charge in [-0.3, -0.25) is 4.79 Å². The summed E-state index contributed by atoms with van der Waals surface area (Å²) in [4.78, 5) is 9.00. The van der Waals surface area contributed by atoms with Crippen LogP contribution in [0.5, 0.6) is 0 Å². The van der Waals surface area contributed by atoms with Gasteiger partial charge in [-0.1, -0.05) is 13.3 Å². The maximum atomic E-state index is 9.00. The topological polar surface area (TPSA) is 77.8 Å². The van der Waals surface area contributed by atoms with Crippen molar-refractivity contribution in [3.05, 3.63) is 0 Å². The molecule has 0 saturated carbocycles. The van der Waals surface area contributed by atoms with Crippen LogP contribution in [0.15, 0.2) is 0 Å². The van der Waals surface area contributed by atoms with Crippen molar-refractivity contribution < 1.29 is 20.1 Å². The SMILES string of the molecule is CC(=O)O.CC(C)O.CCCCO. The lowest BCUT2D eigenvalue weighted by Gasteiger charge is -1.80. The van der Waals surface area contributed by atoms with E-state index >= 15 is 0 Å². The normalized spacial score (nSPS) is 7.92. The summed E-state index contributed by atoms with van der Waals surface area (Å²) in [5.41, 5.74) is 0. The fourth-order valence-electron chi connectivity index (χ4n) is 0.158. The number of rotatable bonds is 2. The average Bonchev–Trinajstić information content (AvgIpc) is 1.86. The minimum Gasteiger partial charge on any atom is -0.481 e. The van der Waals surface area contributed by atoms with E-state index in [4.69, 9.17) is 20.1 Å². The summed E-state index contributed by atoms with van der Waals surface area (Å²) < 4.78 is 0. The molecule has 0 rings (SSSR count). The smallest absolute Gasteiger partial charge is 0.300 e. The van der Waals surface area contributed by atoms with Gasteiger partial charge in [0.15, 0.2) is 0 Å². The summed E-state index contributed by atoms with van der Waals surface area (Å²) in [6, 6.07) is 0. The predicted octanol–water partition coefficient (Wildman–Crippen LogP) is 1.26. The van der Waals surface area contributed by atoms with Crippen LogP contribution in [0.4, 0.5) is 0 Å². The molecule has 0 aromatic carbocycles. The Morgan fingerprint density at radius 3 is 1.62 bits per heavy atom. The maximum Gasteiger partial charge on any atom is 0.300 e. The number of hydrogen-bond acceptors (Lipinski definition) is 3. The highest BCUT2D eigenvalue weighted by Gasteiger charge is 1.69. The molecule has 0 fully saturated rings. The number of carboxylic acid groups (broad SMARTS) is 1. The van der Waals surface area contributed by atoms with Gasteiger partial charge in [0.2, 0.25) is 0 Å². The Bertz CT molecular complexity index is 82.9. The number of hydrogen-bond donors (Lipinski definition) is 3. The highest BCUT2D eigenvalue weighted by Crippen LogP contribution is 1.78. The van der Waals surface area contributed by atoms with Gasteiger partial charge < -0.3 is 15.3 Å². The largest absolute Gasteiger partial charge is 0.481 e. The summed E-state index contributed by atoms with van der Waals surface area (Å²) in [5.74, 6) is -0.833. The van der Waals surface area contributed by atoms with Crippen molar-refractivity contribution in [3.63, 3.8) is 0 Å². The molecule has 0 aromatic rings. The van der Waals surface area contributed by atoms with Crippen LogP contribution in [-0.4, -0.2) is 34.0 Å². The monoisotopic (exact) mass is 194 g/mol. The highest BCUT2D eigenvalue weighted by atomic mass is 16.4. The van der Waals surface area contributed by atoms with Gasteiger partial charge in [-0.05, 0) is 20.3 Å². The maximum absolute atomic E-state index is 9.00. The number of carbonyl (C=O) groups is 1. The summed E-state index contributed by atoms with van der Waals surface area (Å²) in [6.07, 6.45) is 1.87. The quantitative estimate of drug-likeness (QED) is 0.618. The molecular weight excluding hydrogens is 172 g/mol. The van der Waals surface area contributed by atoms with Crippen LogP contribution in [0.1, 0.15) is 40.5 Å². The van der Waals surface area contributed by atoms with Gasteiger partial charge in [-0.2, -0.15) is 0 Å². The van der Waals surface area contributed by atoms with Crippen molar-refractivity contribution in [2.24, 2.45) is 0 Å². The molecule has 0 aromatic heterocycles. The van der Waals surface area contributed by atoms with Gasteiger partial charge in [-0.25, -0.2) is 0 Å². The van der Waals surface area contributed by atoms with Crippen LogP contribution in [0.25, 0.3) is 0 Å². The van der Waals surface area contributed by atoms with Crippen LogP contribution < -0.4 is 0 Å². The molecule has 0 heterocycles. The Morgan fingerprint density at radius 2 is 1.62 bits per heavy atom. The molecule has 4 heteroatoms. The molecular formula is C9H22O4. The fourth-order valence-corrected chi connectivity index (χ4v) is 0.158. The minimum atomic E-state index is -0.833. The van der Waals surface area contributed by atoms with Crippen LogP contribution in [-0.2, 0) is 4.79 Å². The van der Waals surface area contributed by atoms with Crippen LogP contribution in [0.3, 0.4) is 0 Å². The van der Waals surface area contributed by atoms with E-state index in [-0.39, 0.29) is 6.10 Å². The molecule has 13 heavy (non-hydrogen) atoms. The zero-order valence-electron chi connectivity index (χ0n) is 8.95. The second-order valence-electron chi connectivity index (χ2n) is 2.69. The van der Waals surface area contributed by atoms with E-state index in [1.807, 2.05) is 0 Å². The summed E-state index contributed by atoms with van der Waals surface area (Å²) >= 11 is 0. The van der Waals surface area contributed by atoms with E-state index in [0.717, 1.165) is 19.8 Å². The second kappa shape index (κ2) is 17.5. The Morgan fingerprint density at radius 1 is 1.38 bits per heavy atom. The first-order chi connectivity index (χ1) is 5.88. The lowest BCUT2D eigenvalue weighted by molar-refractivity contribution is -0.134. The molecule has 3 N–H and O–H groups in total. The zero-order chi connectivity index (χ0) is 11.3. The van der Waals surface area contributed by atoms with Crippen molar-refractivity contribution in [1.29, 1.82) is 0 Å². The average molecular weight is 194 g/mol. The van der Waals surface area contributed by atoms with Gasteiger partial charge in [0.1, 0.15) is 0 Å². The number of unbranched alkanes of at least 4 members (excludes halogenated alkanes) is 1. The Labute approximate surface area is 80.2 Å². The summed E-state index contributed by atoms with van der Waals surface area (Å²) in [6.45, 7) is 6.92. The first kappa shape index (κ1) is 18.2. The molecule has 0 atom stereocenters. The standard InChI is InChI=1S/C4H10O.C3H8O.C2H4O2/c1-2-3-4-5;1-3(2)4;1-2(3)4/h5H,2-4H2,1H3;3-4H,1-2H3;1H3,(H,3,4). The lowest BCUT2D eigenvalue weighted by Crippen LogP contribution is -1.85. The third-order valence-corrected chi connectivity index (χ3v) is 0.512. The number of aliphatic hydroxyl groups excluding tert-OH is 2. The Hall–Kier alpha value is -0.610. The first-order valence-corrected chi connectivity index (χ1v) is 4.36. The number of carboxylic acids is 1. The van der Waals surface area contributed by atoms with Crippen molar-refractivity contribution in [3.8, 4) is 0 Å². The van der Waals surface area contributed by atoms with E-state index in [9.17, 15) is 0 Å². The van der Waals surface area contributed by atoms with E-state index in [2.05, 4.69) is 6.92 Å². The molecule has 0 unspecified atom stereocenters. The third kappa shape index (κ3) is 520. The lowest BCUT2D eigenvalue weighted by atomic mass is 10.4. The van der Waals surface area contributed by atoms with Crippen LogP contribution >= 0.6 is 0 Å². The van der Waals surface area contributed by atoms with Crippen molar-refractivity contribution in [2.45, 2.75) is 46.6 Å². The van der Waals surface area contributed by atoms with Gasteiger partial charge in [0, 0.05) is 19.6 Å². The van der Waals surface area contributed by atoms with Gasteiger partial charge in [0.25, 0.3) is 5.97 Å². The van der Waals surface area contributed by atoms with Crippen molar-refractivity contribution >= 4 is 5.97 Å². The van der Waals surface area contributed by atoms with Gasteiger partial charge >= 0.3 is 0 Å². The van der Waals surface area contributed by atoms with E-state index in [0.29, 0.717) is 6.61 Å².